The molecule has 0 aliphatic rings. The number of nitrogens with one attached hydrogen (secondary N) is 2. The molecule has 1 amide bonds. The molecule has 1 aromatic carbocycles. The summed E-state index contributed by atoms with van der Waals surface area (Å²) in [6, 6.07) is 2.10. The predicted octanol–water partition coefficient (Wildman–Crippen LogP) is 3.37. The first-order chi connectivity index (χ1) is 12.4. The van der Waals surface area contributed by atoms with Crippen molar-refractivity contribution in [3.63, 3.8) is 0 Å². The molecule has 0 spiro atoms. The number of aromatic nitrogens is 1. The van der Waals surface area contributed by atoms with Crippen LogP contribution in [-0.2, 0) is 25.5 Å². The maximum atomic E-state index is 14.1. The van der Waals surface area contributed by atoms with Crippen LogP contribution in [0.3, 0.4) is 0 Å². The molecule has 0 saturated carbocycles. The zero-order valence-corrected chi connectivity index (χ0v) is 17.0. The van der Waals surface area contributed by atoms with Gasteiger partial charge in [0.2, 0.25) is 0 Å². The monoisotopic (exact) mass is 420 g/mol. The molecule has 1 heterocycles. The first kappa shape index (κ1) is 21.5. The van der Waals surface area contributed by atoms with Gasteiger partial charge in [-0.2, -0.15) is 8.42 Å². The summed E-state index contributed by atoms with van der Waals surface area (Å²) in [6.07, 6.45) is 1.88. The molecule has 2 N–H and O–H groups in total. The molecule has 1 unspecified atom stereocenters. The van der Waals surface area contributed by atoms with E-state index < -0.39 is 33.7 Å². The van der Waals surface area contributed by atoms with E-state index in [2.05, 4.69) is 10.3 Å². The van der Waals surface area contributed by atoms with Crippen LogP contribution in [0.15, 0.2) is 18.3 Å². The summed E-state index contributed by atoms with van der Waals surface area (Å²) in [7, 11) is -3.72. The van der Waals surface area contributed by atoms with Crippen molar-refractivity contribution in [3.05, 3.63) is 34.7 Å². The molecule has 0 radical (unpaired) electrons. The van der Waals surface area contributed by atoms with Crippen LogP contribution in [-0.4, -0.2) is 44.0 Å². The summed E-state index contributed by atoms with van der Waals surface area (Å²) in [4.78, 5) is 15.0. The van der Waals surface area contributed by atoms with Crippen LogP contribution in [0.1, 0.15) is 26.3 Å². The van der Waals surface area contributed by atoms with Gasteiger partial charge in [-0.3, -0.25) is 4.18 Å². The van der Waals surface area contributed by atoms with E-state index >= 15 is 0 Å². The molecule has 0 fully saturated rings. The van der Waals surface area contributed by atoms with E-state index in [1.54, 1.807) is 33.0 Å². The third-order valence-corrected chi connectivity index (χ3v) is 4.43. The second kappa shape index (κ2) is 8.04. The molecule has 2 rings (SSSR count). The Morgan fingerprint density at radius 2 is 2.07 bits per heavy atom. The lowest BCUT2D eigenvalue weighted by atomic mass is 10.0. The molecule has 1 atom stereocenters. The van der Waals surface area contributed by atoms with Crippen LogP contribution in [0.5, 0.6) is 0 Å². The van der Waals surface area contributed by atoms with Gasteiger partial charge in [0, 0.05) is 11.6 Å². The standard InChI is InChI=1S/C17H22ClFN2O5S/c1-17(2,3)26-16(22)21-11(9-25-27(4,23)24)7-10-8-13(19)14(18)12-5-6-20-15(10)12/h5-6,8,11,20H,7,9H2,1-4H3,(H,21,22). The molecule has 1 aromatic heterocycles. The van der Waals surface area contributed by atoms with E-state index in [4.69, 9.17) is 20.5 Å². The Bertz CT molecular complexity index is 937. The van der Waals surface area contributed by atoms with Gasteiger partial charge in [0.25, 0.3) is 10.1 Å². The number of benzene rings is 1. The molecule has 0 bridgehead atoms. The molecule has 0 aliphatic carbocycles. The Labute approximate surface area is 162 Å². The van der Waals surface area contributed by atoms with Crippen molar-refractivity contribution in [1.82, 2.24) is 10.3 Å². The van der Waals surface area contributed by atoms with Gasteiger partial charge in [-0.15, -0.1) is 0 Å². The first-order valence-electron chi connectivity index (χ1n) is 8.13. The number of halogens is 2. The third kappa shape index (κ3) is 6.37. The maximum Gasteiger partial charge on any atom is 0.407 e. The third-order valence-electron chi connectivity index (χ3n) is 3.49. The van der Waals surface area contributed by atoms with Crippen LogP contribution >= 0.6 is 11.6 Å². The summed E-state index contributed by atoms with van der Waals surface area (Å²) in [5.74, 6) is -0.612. The predicted molar refractivity (Wildman–Crippen MR) is 101 cm³/mol. The fourth-order valence-electron chi connectivity index (χ4n) is 2.49. The number of H-pyrrole nitrogens is 1. The van der Waals surface area contributed by atoms with E-state index in [1.165, 1.54) is 6.07 Å². The summed E-state index contributed by atoms with van der Waals surface area (Å²) in [5.41, 5.74) is 0.373. The Balaban J connectivity index is 2.27. The van der Waals surface area contributed by atoms with Crippen LogP contribution in [0.25, 0.3) is 10.9 Å². The van der Waals surface area contributed by atoms with Gasteiger partial charge in [0.05, 0.1) is 29.4 Å². The molecule has 27 heavy (non-hydrogen) atoms. The van der Waals surface area contributed by atoms with Crippen LogP contribution in [0.4, 0.5) is 9.18 Å². The fourth-order valence-corrected chi connectivity index (χ4v) is 3.12. The second-order valence-corrected chi connectivity index (χ2v) is 9.16. The van der Waals surface area contributed by atoms with Gasteiger partial charge < -0.3 is 15.0 Å². The van der Waals surface area contributed by atoms with E-state index in [0.717, 1.165) is 6.26 Å². The van der Waals surface area contributed by atoms with Crippen molar-refractivity contribution < 1.29 is 26.5 Å². The van der Waals surface area contributed by atoms with Crippen molar-refractivity contribution in [2.24, 2.45) is 0 Å². The Morgan fingerprint density at radius 1 is 1.41 bits per heavy atom. The normalized spacial score (nSPS) is 13.6. The number of hydrogen-bond acceptors (Lipinski definition) is 5. The number of ether oxygens (including phenoxy) is 1. The Kier molecular flexibility index (Phi) is 6.39. The number of hydrogen-bond donors (Lipinski definition) is 2. The van der Waals surface area contributed by atoms with Gasteiger partial charge in [-0.05, 0) is 44.9 Å². The highest BCUT2D eigenvalue weighted by molar-refractivity contribution is 7.85. The van der Waals surface area contributed by atoms with Crippen molar-refractivity contribution >= 4 is 38.7 Å². The molecule has 10 heteroatoms. The number of carbonyl (C=O) groups is 1. The number of amides is 1. The van der Waals surface area contributed by atoms with Crippen LogP contribution < -0.4 is 5.32 Å². The van der Waals surface area contributed by atoms with E-state index in [1.807, 2.05) is 0 Å². The van der Waals surface area contributed by atoms with Crippen LogP contribution in [0.2, 0.25) is 5.02 Å². The van der Waals surface area contributed by atoms with Crippen molar-refractivity contribution in [1.29, 1.82) is 0 Å². The summed E-state index contributed by atoms with van der Waals surface area (Å²) in [6.45, 7) is 4.77. The molecule has 150 valence electrons. The minimum Gasteiger partial charge on any atom is -0.444 e. The van der Waals surface area contributed by atoms with Crippen LogP contribution in [0, 0.1) is 5.82 Å². The zero-order chi connectivity index (χ0) is 20.4. The van der Waals surface area contributed by atoms with E-state index in [0.29, 0.717) is 16.5 Å². The molecule has 0 saturated heterocycles. The van der Waals surface area contributed by atoms with E-state index in [9.17, 15) is 17.6 Å². The molecular formula is C17H22ClFN2O5S. The van der Waals surface area contributed by atoms with Crippen molar-refractivity contribution in [3.8, 4) is 0 Å². The lowest BCUT2D eigenvalue weighted by Gasteiger charge is -2.23. The Hall–Kier alpha value is -1.84. The number of alkyl carbamates (subject to hydrolysis) is 1. The van der Waals surface area contributed by atoms with Gasteiger partial charge in [0.1, 0.15) is 11.4 Å². The summed E-state index contributed by atoms with van der Waals surface area (Å²) < 4.78 is 46.8. The van der Waals surface area contributed by atoms with Gasteiger partial charge in [0.15, 0.2) is 0 Å². The second-order valence-electron chi connectivity index (χ2n) is 7.13. The number of carbonyl (C=O) groups excluding carboxylic acids is 1. The SMILES string of the molecule is CC(C)(C)OC(=O)NC(COS(C)(=O)=O)Cc1cc(F)c(Cl)c2cc[nH]c12. The lowest BCUT2D eigenvalue weighted by molar-refractivity contribution is 0.0488. The van der Waals surface area contributed by atoms with Gasteiger partial charge >= 0.3 is 6.09 Å². The fraction of sp³-hybridized carbons (Fsp3) is 0.471. The highest BCUT2D eigenvalue weighted by Gasteiger charge is 2.23. The first-order valence-corrected chi connectivity index (χ1v) is 10.3. The van der Waals surface area contributed by atoms with Gasteiger partial charge in [-0.25, -0.2) is 9.18 Å². The minimum absolute atomic E-state index is 0.0148. The average molecular weight is 421 g/mol. The number of aromatic amines is 1. The van der Waals surface area contributed by atoms with Crippen molar-refractivity contribution in [2.45, 2.75) is 38.8 Å². The summed E-state index contributed by atoms with van der Waals surface area (Å²) in [5, 5.41) is 3.04. The summed E-state index contributed by atoms with van der Waals surface area (Å²) >= 11 is 5.97. The highest BCUT2D eigenvalue weighted by Crippen LogP contribution is 2.29. The largest absolute Gasteiger partial charge is 0.444 e. The average Bonchev–Trinajstić information content (AvgIpc) is 2.97. The smallest absolute Gasteiger partial charge is 0.407 e. The maximum absolute atomic E-state index is 14.1. The molecule has 2 aromatic rings. The van der Waals surface area contributed by atoms with Gasteiger partial charge in [-0.1, -0.05) is 11.6 Å². The lowest BCUT2D eigenvalue weighted by Crippen LogP contribution is -2.43. The van der Waals surface area contributed by atoms with E-state index in [-0.39, 0.29) is 18.1 Å². The molecule has 7 nitrogen and oxygen atoms in total. The topological polar surface area (TPSA) is 97.5 Å². The molecule has 0 aliphatic heterocycles. The minimum atomic E-state index is -3.72. The highest BCUT2D eigenvalue weighted by atomic mass is 35.5. The molecular weight excluding hydrogens is 399 g/mol. The number of fused-ring (bicyclic) bond motifs is 1. The van der Waals surface area contributed by atoms with Crippen molar-refractivity contribution in [2.75, 3.05) is 12.9 Å². The quantitative estimate of drug-likeness (QED) is 0.698. The zero-order valence-electron chi connectivity index (χ0n) is 15.4. The Morgan fingerprint density at radius 3 is 2.67 bits per heavy atom. The number of rotatable bonds is 6.